The summed E-state index contributed by atoms with van der Waals surface area (Å²) in [5, 5.41) is 11.3. The van der Waals surface area contributed by atoms with Gasteiger partial charge in [0.05, 0.1) is 31.9 Å². The number of hydrogen-bond donors (Lipinski definition) is 1. The molecule has 3 aromatic carbocycles. The number of amides is 1. The number of rotatable bonds is 7. The molecule has 1 aliphatic heterocycles. The van der Waals surface area contributed by atoms with Crippen molar-refractivity contribution in [3.8, 4) is 11.5 Å². The minimum Gasteiger partial charge on any atom is -0.507 e. The first kappa shape index (κ1) is 23.1. The number of nitrogens with zero attached hydrogens (tertiary/aromatic N) is 1. The molecule has 1 aliphatic rings. The van der Waals surface area contributed by atoms with Crippen LogP contribution in [0, 0.1) is 6.92 Å². The quantitative estimate of drug-likeness (QED) is 0.306. The van der Waals surface area contributed by atoms with Crippen molar-refractivity contribution in [3.05, 3.63) is 101 Å². The van der Waals surface area contributed by atoms with Crippen LogP contribution in [-0.2, 0) is 16.1 Å². The molecule has 3 aromatic rings. The van der Waals surface area contributed by atoms with Crippen LogP contribution in [0.3, 0.4) is 0 Å². The molecule has 0 bridgehead atoms. The SMILES string of the molecule is CCOc1cccc(/C(O)=C2\C(=O)C(=O)N(Cc3ccccc3OC)C2c2ccccc2C)c1. The van der Waals surface area contributed by atoms with Crippen LogP contribution >= 0.6 is 0 Å². The van der Waals surface area contributed by atoms with E-state index in [1.54, 1.807) is 31.4 Å². The lowest BCUT2D eigenvalue weighted by Crippen LogP contribution is -2.29. The first-order chi connectivity index (χ1) is 16.5. The largest absolute Gasteiger partial charge is 0.507 e. The topological polar surface area (TPSA) is 76.1 Å². The van der Waals surface area contributed by atoms with E-state index in [2.05, 4.69) is 0 Å². The number of benzene rings is 3. The minimum atomic E-state index is -0.748. The van der Waals surface area contributed by atoms with Gasteiger partial charge in [0.15, 0.2) is 0 Å². The van der Waals surface area contributed by atoms with E-state index >= 15 is 0 Å². The number of aryl methyl sites for hydroxylation is 1. The Balaban J connectivity index is 1.88. The summed E-state index contributed by atoms with van der Waals surface area (Å²) in [6.07, 6.45) is 0. The molecule has 6 nitrogen and oxygen atoms in total. The van der Waals surface area contributed by atoms with Crippen LogP contribution in [0.25, 0.3) is 5.76 Å². The summed E-state index contributed by atoms with van der Waals surface area (Å²) in [5.74, 6) is -0.417. The molecule has 1 amide bonds. The van der Waals surface area contributed by atoms with E-state index in [4.69, 9.17) is 9.47 Å². The van der Waals surface area contributed by atoms with Crippen LogP contribution in [0.4, 0.5) is 0 Å². The number of aliphatic hydroxyl groups is 1. The maximum Gasteiger partial charge on any atom is 0.295 e. The van der Waals surface area contributed by atoms with Crippen LogP contribution in [0.2, 0.25) is 0 Å². The molecule has 6 heteroatoms. The number of carbonyl (C=O) groups excluding carboxylic acids is 2. The zero-order chi connectivity index (χ0) is 24.2. The predicted molar refractivity (Wildman–Crippen MR) is 130 cm³/mol. The van der Waals surface area contributed by atoms with Crippen LogP contribution in [-0.4, -0.2) is 35.4 Å². The van der Waals surface area contributed by atoms with Gasteiger partial charge in [-0.05, 0) is 43.2 Å². The number of methoxy groups -OCH3 is 1. The van der Waals surface area contributed by atoms with Gasteiger partial charge >= 0.3 is 0 Å². The van der Waals surface area contributed by atoms with Crippen molar-refractivity contribution < 1.29 is 24.2 Å². The van der Waals surface area contributed by atoms with Crippen molar-refractivity contribution in [2.75, 3.05) is 13.7 Å². The lowest BCUT2D eigenvalue weighted by atomic mass is 9.92. The average molecular weight is 458 g/mol. The molecule has 1 heterocycles. The lowest BCUT2D eigenvalue weighted by molar-refractivity contribution is -0.140. The molecule has 4 rings (SSSR count). The predicted octanol–water partition coefficient (Wildman–Crippen LogP) is 5.02. The molecule has 0 aliphatic carbocycles. The second kappa shape index (κ2) is 9.83. The third kappa shape index (κ3) is 4.27. The van der Waals surface area contributed by atoms with Gasteiger partial charge in [-0.3, -0.25) is 9.59 Å². The normalized spacial score (nSPS) is 17.1. The molecule has 0 radical (unpaired) electrons. The van der Waals surface area contributed by atoms with Crippen molar-refractivity contribution in [3.63, 3.8) is 0 Å². The number of para-hydroxylation sites is 1. The Kier molecular flexibility index (Phi) is 6.68. The Labute approximate surface area is 199 Å². The molecular weight excluding hydrogens is 430 g/mol. The molecular formula is C28H27NO5. The number of aliphatic hydroxyl groups excluding tert-OH is 1. The van der Waals surface area contributed by atoms with Crippen LogP contribution in [0.15, 0.2) is 78.4 Å². The zero-order valence-corrected chi connectivity index (χ0v) is 19.4. The van der Waals surface area contributed by atoms with Crippen molar-refractivity contribution in [2.24, 2.45) is 0 Å². The monoisotopic (exact) mass is 457 g/mol. The fraction of sp³-hybridized carbons (Fsp3) is 0.214. The van der Waals surface area contributed by atoms with Crippen LogP contribution in [0.1, 0.15) is 35.2 Å². The number of hydrogen-bond acceptors (Lipinski definition) is 5. The van der Waals surface area contributed by atoms with Gasteiger partial charge in [0.1, 0.15) is 17.3 Å². The number of ketones is 1. The van der Waals surface area contributed by atoms with E-state index in [9.17, 15) is 14.7 Å². The summed E-state index contributed by atoms with van der Waals surface area (Å²) in [6, 6.07) is 21.1. The van der Waals surface area contributed by atoms with Crippen molar-refractivity contribution in [2.45, 2.75) is 26.4 Å². The van der Waals surface area contributed by atoms with Crippen LogP contribution in [0.5, 0.6) is 11.5 Å². The first-order valence-electron chi connectivity index (χ1n) is 11.1. The fourth-order valence-electron chi connectivity index (χ4n) is 4.33. The van der Waals surface area contributed by atoms with E-state index in [0.29, 0.717) is 23.7 Å². The van der Waals surface area contributed by atoms with Crippen molar-refractivity contribution in [1.82, 2.24) is 4.90 Å². The number of ether oxygens (including phenoxy) is 2. The van der Waals surface area contributed by atoms with Gasteiger partial charge in [-0.2, -0.15) is 0 Å². The standard InChI is InChI=1S/C28H27NO5/c1-4-34-21-13-9-12-19(16-21)26(30)24-25(22-14-7-5-10-18(22)2)29(28(32)27(24)31)17-20-11-6-8-15-23(20)33-3/h5-16,25,30H,4,17H2,1-3H3/b26-24+. The Morgan fingerprint density at radius 1 is 1.00 bits per heavy atom. The third-order valence-electron chi connectivity index (χ3n) is 5.97. The highest BCUT2D eigenvalue weighted by atomic mass is 16.5. The highest BCUT2D eigenvalue weighted by molar-refractivity contribution is 6.46. The molecule has 1 atom stereocenters. The second-order valence-corrected chi connectivity index (χ2v) is 8.06. The van der Waals surface area contributed by atoms with Crippen molar-refractivity contribution >= 4 is 17.4 Å². The highest BCUT2D eigenvalue weighted by Crippen LogP contribution is 2.42. The fourth-order valence-corrected chi connectivity index (χ4v) is 4.33. The molecule has 1 saturated heterocycles. The Morgan fingerprint density at radius 2 is 1.74 bits per heavy atom. The molecule has 174 valence electrons. The first-order valence-corrected chi connectivity index (χ1v) is 11.1. The Hall–Kier alpha value is -4.06. The van der Waals surface area contributed by atoms with Gasteiger partial charge in [0, 0.05) is 11.1 Å². The number of carbonyl (C=O) groups is 2. The van der Waals surface area contributed by atoms with E-state index in [0.717, 1.165) is 16.7 Å². The van der Waals surface area contributed by atoms with E-state index in [1.165, 1.54) is 4.90 Å². The second-order valence-electron chi connectivity index (χ2n) is 8.06. The van der Waals surface area contributed by atoms with Gasteiger partial charge in [0.2, 0.25) is 0 Å². The molecule has 1 N–H and O–H groups in total. The third-order valence-corrected chi connectivity index (χ3v) is 5.97. The summed E-state index contributed by atoms with van der Waals surface area (Å²) in [7, 11) is 1.57. The van der Waals surface area contributed by atoms with Gasteiger partial charge in [-0.15, -0.1) is 0 Å². The smallest absolute Gasteiger partial charge is 0.295 e. The maximum atomic E-state index is 13.3. The van der Waals surface area contributed by atoms with Gasteiger partial charge in [-0.25, -0.2) is 0 Å². The number of likely N-dealkylation sites (tertiary alicyclic amines) is 1. The molecule has 0 spiro atoms. The Morgan fingerprint density at radius 3 is 2.47 bits per heavy atom. The van der Waals surface area contributed by atoms with E-state index < -0.39 is 17.7 Å². The van der Waals surface area contributed by atoms with E-state index in [-0.39, 0.29) is 17.9 Å². The summed E-state index contributed by atoms with van der Waals surface area (Å²) in [5.41, 5.74) is 2.93. The van der Waals surface area contributed by atoms with Gasteiger partial charge in [-0.1, -0.05) is 54.6 Å². The molecule has 1 unspecified atom stereocenters. The van der Waals surface area contributed by atoms with Gasteiger partial charge in [0.25, 0.3) is 11.7 Å². The molecule has 0 aromatic heterocycles. The summed E-state index contributed by atoms with van der Waals surface area (Å²) in [4.78, 5) is 28.1. The Bertz CT molecular complexity index is 1260. The number of Topliss-reactive ketones (excluding diaryl/α,β-unsaturated/α-hetero) is 1. The summed E-state index contributed by atoms with van der Waals surface area (Å²) in [6.45, 7) is 4.42. The van der Waals surface area contributed by atoms with Crippen molar-refractivity contribution in [1.29, 1.82) is 0 Å². The van der Waals surface area contributed by atoms with E-state index in [1.807, 2.05) is 62.4 Å². The molecule has 1 fully saturated rings. The molecule has 34 heavy (non-hydrogen) atoms. The lowest BCUT2D eigenvalue weighted by Gasteiger charge is -2.27. The minimum absolute atomic E-state index is 0.0582. The molecule has 0 saturated carbocycles. The summed E-state index contributed by atoms with van der Waals surface area (Å²) < 4.78 is 11.0. The summed E-state index contributed by atoms with van der Waals surface area (Å²) >= 11 is 0. The maximum absolute atomic E-state index is 13.3. The van der Waals surface area contributed by atoms with Crippen LogP contribution < -0.4 is 9.47 Å². The highest BCUT2D eigenvalue weighted by Gasteiger charge is 2.46. The van der Waals surface area contributed by atoms with Gasteiger partial charge < -0.3 is 19.5 Å². The average Bonchev–Trinajstić information content (AvgIpc) is 3.09. The zero-order valence-electron chi connectivity index (χ0n) is 19.4.